The quantitative estimate of drug-likeness (QED) is 0.197. The van der Waals surface area contributed by atoms with Gasteiger partial charge in [-0.15, -0.1) is 0 Å². The van der Waals surface area contributed by atoms with Crippen LogP contribution in [0.2, 0.25) is 0 Å². The molecule has 0 radical (unpaired) electrons. The molecule has 222 valence electrons. The van der Waals surface area contributed by atoms with Gasteiger partial charge in [0.05, 0.1) is 17.1 Å². The van der Waals surface area contributed by atoms with Gasteiger partial charge in [-0.25, -0.2) is 4.98 Å². The molecule has 8 rings (SSSR count). The number of nitrogens with zero attached hydrogens (tertiary/aromatic N) is 2. The molecule has 2 heterocycles. The van der Waals surface area contributed by atoms with Crippen LogP contribution in [0.4, 0.5) is 11.4 Å². The molecule has 0 atom stereocenters. The van der Waals surface area contributed by atoms with Crippen LogP contribution in [0.3, 0.4) is 0 Å². The summed E-state index contributed by atoms with van der Waals surface area (Å²) in [6, 6.07) is 61.2. The van der Waals surface area contributed by atoms with Gasteiger partial charge in [0.1, 0.15) is 0 Å². The molecule has 0 saturated heterocycles. The van der Waals surface area contributed by atoms with Crippen LogP contribution in [-0.2, 0) is 0 Å². The number of aromatic nitrogens is 2. The number of fused-ring (bicyclic) bond motifs is 1. The molecule has 8 aromatic rings. The average Bonchev–Trinajstić information content (AvgIpc) is 3.15. The second-order valence-electron chi connectivity index (χ2n) is 11.5. The lowest BCUT2D eigenvalue weighted by molar-refractivity contribution is 1.31. The lowest BCUT2D eigenvalue weighted by Crippen LogP contribution is -1.98. The van der Waals surface area contributed by atoms with E-state index in [4.69, 9.17) is 9.97 Å². The minimum Gasteiger partial charge on any atom is -0.354 e. The number of rotatable bonds is 7. The highest BCUT2D eigenvalue weighted by Crippen LogP contribution is 2.38. The summed E-state index contributed by atoms with van der Waals surface area (Å²) >= 11 is 0. The third kappa shape index (κ3) is 5.79. The van der Waals surface area contributed by atoms with Crippen LogP contribution in [0.5, 0.6) is 0 Å². The minimum absolute atomic E-state index is 0.905. The molecule has 2 aromatic heterocycles. The van der Waals surface area contributed by atoms with Crippen LogP contribution in [0.15, 0.2) is 182 Å². The molecule has 47 heavy (non-hydrogen) atoms. The number of anilines is 2. The third-order valence-corrected chi connectivity index (χ3v) is 8.54. The molecule has 3 nitrogen and oxygen atoms in total. The van der Waals surface area contributed by atoms with Gasteiger partial charge in [0, 0.05) is 34.3 Å². The molecule has 0 saturated carbocycles. The fourth-order valence-electron chi connectivity index (χ4n) is 6.22. The number of para-hydroxylation sites is 2. The van der Waals surface area contributed by atoms with Gasteiger partial charge >= 0.3 is 0 Å². The Morgan fingerprint density at radius 3 is 1.68 bits per heavy atom. The van der Waals surface area contributed by atoms with Gasteiger partial charge in [0.15, 0.2) is 0 Å². The summed E-state index contributed by atoms with van der Waals surface area (Å²) in [5.41, 5.74) is 12.4. The van der Waals surface area contributed by atoms with Crippen molar-refractivity contribution in [1.29, 1.82) is 0 Å². The van der Waals surface area contributed by atoms with Crippen molar-refractivity contribution in [3.8, 4) is 56.0 Å². The topological polar surface area (TPSA) is 37.8 Å². The zero-order chi connectivity index (χ0) is 31.4. The van der Waals surface area contributed by atoms with E-state index in [0.717, 1.165) is 61.8 Å². The fourth-order valence-corrected chi connectivity index (χ4v) is 6.22. The Balaban J connectivity index is 1.20. The zero-order valence-electron chi connectivity index (χ0n) is 25.7. The van der Waals surface area contributed by atoms with E-state index >= 15 is 0 Å². The maximum atomic E-state index is 5.20. The Hall–Kier alpha value is -6.32. The highest BCUT2D eigenvalue weighted by Gasteiger charge is 2.14. The van der Waals surface area contributed by atoms with E-state index in [1.54, 1.807) is 0 Å². The van der Waals surface area contributed by atoms with Crippen LogP contribution < -0.4 is 5.32 Å². The summed E-state index contributed by atoms with van der Waals surface area (Å²) in [7, 11) is 0. The summed E-state index contributed by atoms with van der Waals surface area (Å²) in [6.07, 6.45) is 1.90. The molecule has 0 amide bonds. The average molecular weight is 602 g/mol. The summed E-state index contributed by atoms with van der Waals surface area (Å²) in [5, 5.41) is 6.22. The summed E-state index contributed by atoms with van der Waals surface area (Å²) in [5.74, 6) is 0. The van der Waals surface area contributed by atoms with Gasteiger partial charge in [0.2, 0.25) is 0 Å². The number of benzene rings is 6. The first kappa shape index (κ1) is 28.2. The number of pyridine rings is 2. The van der Waals surface area contributed by atoms with Crippen molar-refractivity contribution in [2.24, 2.45) is 0 Å². The van der Waals surface area contributed by atoms with Crippen molar-refractivity contribution in [3.05, 3.63) is 182 Å². The van der Waals surface area contributed by atoms with E-state index in [1.807, 2.05) is 18.3 Å². The first-order chi connectivity index (χ1) is 23.3. The van der Waals surface area contributed by atoms with E-state index < -0.39 is 0 Å². The predicted octanol–water partition coefficient (Wildman–Crippen LogP) is 11.7. The standard InChI is InChI=1S/C44H31N3/c1-3-14-31(15-4-1)35-29-42(33-17-5-2-6-18-33)47-44(30-35)39-22-10-12-25-41(39)46-40-24-11-9-21-38(40)43-28-34(26-27-45-43)37-23-13-19-32-16-7-8-20-36(32)37/h1-30,46H. The predicted molar refractivity (Wildman–Crippen MR) is 196 cm³/mol. The van der Waals surface area contributed by atoms with Crippen molar-refractivity contribution < 1.29 is 0 Å². The SMILES string of the molecule is c1ccc(-c2cc(-c3ccccc3)nc(-c3ccccc3Nc3ccccc3-c3cc(-c4cccc5ccccc45)ccn3)c2)cc1. The lowest BCUT2D eigenvalue weighted by Gasteiger charge is -2.17. The monoisotopic (exact) mass is 601 g/mol. The van der Waals surface area contributed by atoms with Crippen LogP contribution in [-0.4, -0.2) is 9.97 Å². The Morgan fingerprint density at radius 1 is 0.362 bits per heavy atom. The highest BCUT2D eigenvalue weighted by molar-refractivity contribution is 5.97. The van der Waals surface area contributed by atoms with E-state index in [-0.39, 0.29) is 0 Å². The van der Waals surface area contributed by atoms with Crippen LogP contribution in [0.1, 0.15) is 0 Å². The van der Waals surface area contributed by atoms with E-state index in [0.29, 0.717) is 0 Å². The second-order valence-corrected chi connectivity index (χ2v) is 11.5. The maximum Gasteiger partial charge on any atom is 0.0736 e. The van der Waals surface area contributed by atoms with E-state index in [9.17, 15) is 0 Å². The summed E-state index contributed by atoms with van der Waals surface area (Å²) < 4.78 is 0. The molecule has 0 aliphatic heterocycles. The Kier molecular flexibility index (Phi) is 7.54. The Bertz CT molecular complexity index is 2270. The molecule has 1 N–H and O–H groups in total. The number of nitrogens with one attached hydrogen (secondary N) is 1. The lowest BCUT2D eigenvalue weighted by atomic mass is 9.97. The molecule has 6 aromatic carbocycles. The zero-order valence-corrected chi connectivity index (χ0v) is 25.7. The molecule has 0 unspecified atom stereocenters. The molecule has 0 bridgehead atoms. The van der Waals surface area contributed by atoms with Crippen LogP contribution in [0.25, 0.3) is 66.8 Å². The highest BCUT2D eigenvalue weighted by atomic mass is 14.9. The smallest absolute Gasteiger partial charge is 0.0736 e. The second kappa shape index (κ2) is 12.6. The fraction of sp³-hybridized carbons (Fsp3) is 0. The summed E-state index contributed by atoms with van der Waals surface area (Å²) in [4.78, 5) is 10.0. The van der Waals surface area contributed by atoms with Gasteiger partial charge in [-0.05, 0) is 69.4 Å². The third-order valence-electron chi connectivity index (χ3n) is 8.54. The number of hydrogen-bond donors (Lipinski definition) is 1. The van der Waals surface area contributed by atoms with Gasteiger partial charge in [-0.3, -0.25) is 4.98 Å². The molecule has 3 heteroatoms. The molecular formula is C44H31N3. The molecule has 0 spiro atoms. The normalized spacial score (nSPS) is 11.0. The van der Waals surface area contributed by atoms with Crippen LogP contribution in [0, 0.1) is 0 Å². The Labute approximate surface area is 274 Å². The van der Waals surface area contributed by atoms with Gasteiger partial charge in [0.25, 0.3) is 0 Å². The van der Waals surface area contributed by atoms with Gasteiger partial charge in [-0.1, -0.05) is 140 Å². The largest absolute Gasteiger partial charge is 0.354 e. The number of hydrogen-bond acceptors (Lipinski definition) is 3. The minimum atomic E-state index is 0.905. The van der Waals surface area contributed by atoms with Gasteiger partial charge in [-0.2, -0.15) is 0 Å². The van der Waals surface area contributed by atoms with Crippen molar-refractivity contribution in [1.82, 2.24) is 9.97 Å². The van der Waals surface area contributed by atoms with E-state index in [1.165, 1.54) is 16.3 Å². The molecular weight excluding hydrogens is 571 g/mol. The first-order valence-corrected chi connectivity index (χ1v) is 15.8. The van der Waals surface area contributed by atoms with Crippen molar-refractivity contribution in [2.75, 3.05) is 5.32 Å². The van der Waals surface area contributed by atoms with Crippen LogP contribution >= 0.6 is 0 Å². The van der Waals surface area contributed by atoms with Crippen molar-refractivity contribution >= 4 is 22.1 Å². The van der Waals surface area contributed by atoms with Crippen molar-refractivity contribution in [2.45, 2.75) is 0 Å². The van der Waals surface area contributed by atoms with Crippen molar-refractivity contribution in [3.63, 3.8) is 0 Å². The molecule has 0 aliphatic rings. The van der Waals surface area contributed by atoms with E-state index in [2.05, 4.69) is 169 Å². The Morgan fingerprint density at radius 2 is 0.915 bits per heavy atom. The molecule has 0 fully saturated rings. The van der Waals surface area contributed by atoms with Gasteiger partial charge < -0.3 is 5.32 Å². The summed E-state index contributed by atoms with van der Waals surface area (Å²) in [6.45, 7) is 0. The first-order valence-electron chi connectivity index (χ1n) is 15.8. The maximum absolute atomic E-state index is 5.20. The molecule has 0 aliphatic carbocycles.